The van der Waals surface area contributed by atoms with Crippen LogP contribution in [0.25, 0.3) is 0 Å². The first-order valence-electron chi connectivity index (χ1n) is 10.3. The van der Waals surface area contributed by atoms with Gasteiger partial charge in [-0.15, -0.1) is 0 Å². The Balaban J connectivity index is 1.79. The third-order valence-electron chi connectivity index (χ3n) is 5.53. The Morgan fingerprint density at radius 2 is 1.76 bits per heavy atom. The van der Waals surface area contributed by atoms with Crippen LogP contribution in [0.5, 0.6) is 5.75 Å². The summed E-state index contributed by atoms with van der Waals surface area (Å²) in [5.41, 5.74) is 1.71. The third-order valence-corrected chi connectivity index (χ3v) is 5.53. The topological polar surface area (TPSA) is 58.6 Å². The maximum atomic E-state index is 13.0. The second-order valence-electron chi connectivity index (χ2n) is 8.04. The molecular formula is C24H30N2O3. The van der Waals surface area contributed by atoms with Gasteiger partial charge < -0.3 is 15.0 Å². The van der Waals surface area contributed by atoms with Gasteiger partial charge in [0.2, 0.25) is 5.91 Å². The summed E-state index contributed by atoms with van der Waals surface area (Å²) in [4.78, 5) is 27.7. The number of nitrogens with zero attached hydrogens (tertiary/aromatic N) is 1. The smallest absolute Gasteiger partial charge is 0.253 e. The van der Waals surface area contributed by atoms with Crippen molar-refractivity contribution in [3.8, 4) is 5.75 Å². The van der Waals surface area contributed by atoms with Crippen LogP contribution in [-0.4, -0.2) is 43.5 Å². The molecular weight excluding hydrogens is 364 g/mol. The molecule has 0 radical (unpaired) electrons. The van der Waals surface area contributed by atoms with Crippen molar-refractivity contribution >= 4 is 11.8 Å². The highest BCUT2D eigenvalue weighted by Gasteiger charge is 2.40. The van der Waals surface area contributed by atoms with Gasteiger partial charge in [0.15, 0.2) is 0 Å². The van der Waals surface area contributed by atoms with Crippen LogP contribution in [-0.2, 0) is 4.79 Å². The van der Waals surface area contributed by atoms with Gasteiger partial charge in [-0.2, -0.15) is 0 Å². The van der Waals surface area contributed by atoms with E-state index >= 15 is 0 Å². The van der Waals surface area contributed by atoms with E-state index < -0.39 is 0 Å². The van der Waals surface area contributed by atoms with Crippen LogP contribution in [0.2, 0.25) is 0 Å². The standard InChI is InChI=1S/C24H30N2O3/c1-17(2)13-14-25-23(27)22-16-26(24(28)19-7-5-4-6-8-19)15-21(22)18-9-11-20(29-3)12-10-18/h4-12,17,21-22H,13-16H2,1-3H3,(H,25,27). The molecule has 0 spiro atoms. The zero-order valence-electron chi connectivity index (χ0n) is 17.4. The quantitative estimate of drug-likeness (QED) is 0.779. The number of methoxy groups -OCH3 is 1. The lowest BCUT2D eigenvalue weighted by Crippen LogP contribution is -2.36. The van der Waals surface area contributed by atoms with E-state index in [4.69, 9.17) is 4.74 Å². The number of rotatable bonds is 7. The van der Waals surface area contributed by atoms with E-state index in [2.05, 4.69) is 19.2 Å². The molecule has 1 fully saturated rings. The molecule has 0 saturated carbocycles. The molecule has 0 aromatic heterocycles. The molecule has 2 amide bonds. The Labute approximate surface area is 173 Å². The summed E-state index contributed by atoms with van der Waals surface area (Å²) in [5, 5.41) is 3.08. The minimum Gasteiger partial charge on any atom is -0.497 e. The average molecular weight is 395 g/mol. The van der Waals surface area contributed by atoms with E-state index in [1.54, 1.807) is 12.0 Å². The lowest BCUT2D eigenvalue weighted by atomic mass is 9.88. The van der Waals surface area contributed by atoms with Crippen LogP contribution < -0.4 is 10.1 Å². The molecule has 154 valence electrons. The van der Waals surface area contributed by atoms with E-state index in [0.717, 1.165) is 17.7 Å². The highest BCUT2D eigenvalue weighted by atomic mass is 16.5. The van der Waals surface area contributed by atoms with Gasteiger partial charge in [-0.05, 0) is 42.2 Å². The molecule has 1 saturated heterocycles. The van der Waals surface area contributed by atoms with E-state index in [1.807, 2.05) is 54.6 Å². The van der Waals surface area contributed by atoms with Crippen molar-refractivity contribution in [1.82, 2.24) is 10.2 Å². The molecule has 5 nitrogen and oxygen atoms in total. The summed E-state index contributed by atoms with van der Waals surface area (Å²) >= 11 is 0. The fourth-order valence-corrected chi connectivity index (χ4v) is 3.80. The van der Waals surface area contributed by atoms with Crippen molar-refractivity contribution in [1.29, 1.82) is 0 Å². The molecule has 0 bridgehead atoms. The molecule has 1 N–H and O–H groups in total. The predicted molar refractivity (Wildman–Crippen MR) is 114 cm³/mol. The highest BCUT2D eigenvalue weighted by molar-refractivity contribution is 5.95. The number of hydrogen-bond donors (Lipinski definition) is 1. The normalized spacial score (nSPS) is 18.7. The first-order chi connectivity index (χ1) is 14.0. The molecule has 2 aromatic rings. The van der Waals surface area contributed by atoms with Gasteiger partial charge in [-0.25, -0.2) is 0 Å². The van der Waals surface area contributed by atoms with Crippen LogP contribution in [0.3, 0.4) is 0 Å². The number of carbonyl (C=O) groups excluding carboxylic acids is 2. The van der Waals surface area contributed by atoms with Gasteiger partial charge in [-0.3, -0.25) is 9.59 Å². The monoisotopic (exact) mass is 394 g/mol. The second-order valence-corrected chi connectivity index (χ2v) is 8.04. The van der Waals surface area contributed by atoms with Gasteiger partial charge in [0.25, 0.3) is 5.91 Å². The summed E-state index contributed by atoms with van der Waals surface area (Å²) < 4.78 is 5.25. The number of carbonyl (C=O) groups is 2. The van der Waals surface area contributed by atoms with Crippen LogP contribution in [0.15, 0.2) is 54.6 Å². The van der Waals surface area contributed by atoms with Gasteiger partial charge in [0.1, 0.15) is 5.75 Å². The Morgan fingerprint density at radius 1 is 1.07 bits per heavy atom. The van der Waals surface area contributed by atoms with Gasteiger partial charge in [0, 0.05) is 31.1 Å². The largest absolute Gasteiger partial charge is 0.497 e. The highest BCUT2D eigenvalue weighted by Crippen LogP contribution is 2.34. The molecule has 1 aliphatic heterocycles. The zero-order chi connectivity index (χ0) is 20.8. The number of amides is 2. The van der Waals surface area contributed by atoms with Crippen LogP contribution in [0.1, 0.15) is 42.1 Å². The maximum Gasteiger partial charge on any atom is 0.253 e. The zero-order valence-corrected chi connectivity index (χ0v) is 17.4. The van der Waals surface area contributed by atoms with E-state index in [0.29, 0.717) is 31.1 Å². The SMILES string of the molecule is COc1ccc(C2CN(C(=O)c3ccccc3)CC2C(=O)NCCC(C)C)cc1. The van der Waals surface area contributed by atoms with Crippen LogP contribution >= 0.6 is 0 Å². The minimum absolute atomic E-state index is 0.0230. The number of likely N-dealkylation sites (tertiary alicyclic amines) is 1. The number of benzene rings is 2. The third kappa shape index (κ3) is 5.17. The Hall–Kier alpha value is -2.82. The summed E-state index contributed by atoms with van der Waals surface area (Å²) in [6.45, 7) is 5.90. The Bertz CT molecular complexity index is 818. The molecule has 29 heavy (non-hydrogen) atoms. The molecule has 3 rings (SSSR count). The van der Waals surface area contributed by atoms with Crippen LogP contribution in [0.4, 0.5) is 0 Å². The number of ether oxygens (including phenoxy) is 1. The molecule has 1 heterocycles. The van der Waals surface area contributed by atoms with Crippen molar-refractivity contribution in [3.05, 3.63) is 65.7 Å². The fraction of sp³-hybridized carbons (Fsp3) is 0.417. The molecule has 1 aliphatic rings. The molecule has 2 aromatic carbocycles. The first-order valence-corrected chi connectivity index (χ1v) is 10.3. The van der Waals surface area contributed by atoms with Crippen molar-refractivity contribution < 1.29 is 14.3 Å². The van der Waals surface area contributed by atoms with Crippen molar-refractivity contribution in [2.24, 2.45) is 11.8 Å². The van der Waals surface area contributed by atoms with Gasteiger partial charge in [0.05, 0.1) is 13.0 Å². The Morgan fingerprint density at radius 3 is 2.38 bits per heavy atom. The lowest BCUT2D eigenvalue weighted by Gasteiger charge is -2.18. The van der Waals surface area contributed by atoms with Gasteiger partial charge >= 0.3 is 0 Å². The number of hydrogen-bond acceptors (Lipinski definition) is 3. The maximum absolute atomic E-state index is 13.0. The van der Waals surface area contributed by atoms with E-state index in [-0.39, 0.29) is 23.7 Å². The molecule has 2 atom stereocenters. The first kappa shape index (κ1) is 20.9. The van der Waals surface area contributed by atoms with Crippen molar-refractivity contribution in [3.63, 3.8) is 0 Å². The fourth-order valence-electron chi connectivity index (χ4n) is 3.80. The van der Waals surface area contributed by atoms with Gasteiger partial charge in [-0.1, -0.05) is 44.2 Å². The van der Waals surface area contributed by atoms with Crippen molar-refractivity contribution in [2.45, 2.75) is 26.2 Å². The molecule has 5 heteroatoms. The Kier molecular flexibility index (Phi) is 6.91. The second kappa shape index (κ2) is 9.59. The summed E-state index contributed by atoms with van der Waals surface area (Å²) in [6.07, 6.45) is 0.943. The van der Waals surface area contributed by atoms with Crippen molar-refractivity contribution in [2.75, 3.05) is 26.7 Å². The van der Waals surface area contributed by atoms with E-state index in [1.165, 1.54) is 0 Å². The molecule has 2 unspecified atom stereocenters. The summed E-state index contributed by atoms with van der Waals surface area (Å²) in [7, 11) is 1.63. The molecule has 0 aliphatic carbocycles. The van der Waals surface area contributed by atoms with E-state index in [9.17, 15) is 9.59 Å². The minimum atomic E-state index is -0.261. The summed E-state index contributed by atoms with van der Waals surface area (Å²) in [6, 6.07) is 17.1. The lowest BCUT2D eigenvalue weighted by molar-refractivity contribution is -0.124. The summed E-state index contributed by atoms with van der Waals surface area (Å²) in [5.74, 6) is 1.02. The van der Waals surface area contributed by atoms with Crippen LogP contribution in [0, 0.1) is 11.8 Å². The number of nitrogens with one attached hydrogen (secondary N) is 1. The predicted octanol–water partition coefficient (Wildman–Crippen LogP) is 3.71. The average Bonchev–Trinajstić information content (AvgIpc) is 3.19.